The molecule has 1 aromatic rings. The van der Waals surface area contributed by atoms with Gasteiger partial charge in [-0.2, -0.15) is 11.8 Å². The van der Waals surface area contributed by atoms with Gasteiger partial charge in [-0.15, -0.1) is 0 Å². The minimum Gasteiger partial charge on any atom is -0.310 e. The Bertz CT molecular complexity index is 529. The molecular formula is C12H19N3O2S. The fourth-order valence-corrected chi connectivity index (χ4v) is 3.35. The highest BCUT2D eigenvalue weighted by atomic mass is 32.2. The van der Waals surface area contributed by atoms with Crippen LogP contribution in [0.3, 0.4) is 0 Å². The molecule has 5 nitrogen and oxygen atoms in total. The second-order valence-corrected chi connectivity index (χ2v) is 6.05. The van der Waals surface area contributed by atoms with Gasteiger partial charge in [0.1, 0.15) is 0 Å². The van der Waals surface area contributed by atoms with Crippen LogP contribution in [0.1, 0.15) is 18.5 Å². The zero-order valence-corrected chi connectivity index (χ0v) is 11.6. The van der Waals surface area contributed by atoms with E-state index in [0.717, 1.165) is 16.8 Å². The van der Waals surface area contributed by atoms with Crippen molar-refractivity contribution in [1.82, 2.24) is 14.5 Å². The van der Waals surface area contributed by atoms with Crippen LogP contribution < -0.4 is 16.6 Å². The van der Waals surface area contributed by atoms with Gasteiger partial charge in [0.2, 0.25) is 0 Å². The quantitative estimate of drug-likeness (QED) is 0.840. The Labute approximate surface area is 110 Å². The van der Waals surface area contributed by atoms with E-state index >= 15 is 0 Å². The third kappa shape index (κ3) is 2.87. The molecule has 1 N–H and O–H groups in total. The van der Waals surface area contributed by atoms with Crippen LogP contribution >= 0.6 is 11.8 Å². The molecule has 0 spiro atoms. The Hall–Kier alpha value is -1.01. The van der Waals surface area contributed by atoms with Gasteiger partial charge in [-0.05, 0) is 18.6 Å². The number of hydrogen-bond acceptors (Lipinski definition) is 4. The van der Waals surface area contributed by atoms with E-state index in [9.17, 15) is 9.59 Å². The Morgan fingerprint density at radius 3 is 2.83 bits per heavy atom. The van der Waals surface area contributed by atoms with Crippen molar-refractivity contribution < 1.29 is 0 Å². The lowest BCUT2D eigenvalue weighted by Gasteiger charge is -2.12. The first-order chi connectivity index (χ1) is 8.59. The Morgan fingerprint density at radius 1 is 1.39 bits per heavy atom. The summed E-state index contributed by atoms with van der Waals surface area (Å²) < 4.78 is 2.65. The molecule has 0 aromatic carbocycles. The summed E-state index contributed by atoms with van der Waals surface area (Å²) in [5, 5.41) is 4.00. The normalized spacial score (nSPS) is 19.3. The fraction of sp³-hybridized carbons (Fsp3) is 0.667. The van der Waals surface area contributed by atoms with Gasteiger partial charge >= 0.3 is 5.69 Å². The first-order valence-electron chi connectivity index (χ1n) is 6.18. The number of aromatic nitrogens is 2. The molecule has 2 rings (SSSR count). The van der Waals surface area contributed by atoms with Crippen LogP contribution in [-0.2, 0) is 20.6 Å². The third-order valence-corrected chi connectivity index (χ3v) is 4.73. The SMILES string of the molecule is Cn1c(CNCC2CCCS2)cc(=O)n(C)c1=O. The molecule has 1 aromatic heterocycles. The smallest absolute Gasteiger partial charge is 0.310 e. The Morgan fingerprint density at radius 2 is 2.17 bits per heavy atom. The molecule has 0 saturated carbocycles. The average molecular weight is 269 g/mol. The zero-order valence-electron chi connectivity index (χ0n) is 10.8. The Balaban J connectivity index is 2.01. The van der Waals surface area contributed by atoms with E-state index < -0.39 is 0 Å². The summed E-state index contributed by atoms with van der Waals surface area (Å²) in [5.41, 5.74) is 0.228. The van der Waals surface area contributed by atoms with E-state index in [1.165, 1.54) is 36.3 Å². The Kier molecular flexibility index (Phi) is 4.29. The maximum Gasteiger partial charge on any atom is 0.330 e. The summed E-state index contributed by atoms with van der Waals surface area (Å²) >= 11 is 1.99. The number of rotatable bonds is 4. The second-order valence-electron chi connectivity index (χ2n) is 4.64. The largest absolute Gasteiger partial charge is 0.330 e. The highest BCUT2D eigenvalue weighted by Crippen LogP contribution is 2.25. The summed E-state index contributed by atoms with van der Waals surface area (Å²) in [6.07, 6.45) is 2.55. The van der Waals surface area contributed by atoms with Crippen LogP contribution in [0.15, 0.2) is 15.7 Å². The van der Waals surface area contributed by atoms with E-state index in [2.05, 4.69) is 5.32 Å². The van der Waals surface area contributed by atoms with Crippen molar-refractivity contribution >= 4 is 11.8 Å². The number of hydrogen-bond donors (Lipinski definition) is 1. The summed E-state index contributed by atoms with van der Waals surface area (Å²) in [6.45, 7) is 1.51. The molecule has 1 atom stereocenters. The second kappa shape index (κ2) is 5.75. The highest BCUT2D eigenvalue weighted by Gasteiger charge is 2.15. The van der Waals surface area contributed by atoms with Gasteiger partial charge in [0, 0.05) is 44.2 Å². The first-order valence-corrected chi connectivity index (χ1v) is 7.22. The van der Waals surface area contributed by atoms with Gasteiger partial charge in [-0.25, -0.2) is 4.79 Å². The standard InChI is InChI=1S/C12H19N3O2S/c1-14-9(6-11(16)15(2)12(14)17)7-13-8-10-4-3-5-18-10/h6,10,13H,3-5,7-8H2,1-2H3. The molecule has 1 unspecified atom stereocenters. The van der Waals surface area contributed by atoms with Crippen LogP contribution in [0.25, 0.3) is 0 Å². The molecule has 18 heavy (non-hydrogen) atoms. The molecule has 1 aliphatic rings. The fourth-order valence-electron chi connectivity index (χ4n) is 2.11. The minimum absolute atomic E-state index is 0.245. The molecule has 1 saturated heterocycles. The van der Waals surface area contributed by atoms with Crippen molar-refractivity contribution in [3.8, 4) is 0 Å². The third-order valence-electron chi connectivity index (χ3n) is 3.33. The van der Waals surface area contributed by atoms with Crippen molar-refractivity contribution in [3.05, 3.63) is 32.6 Å². The topological polar surface area (TPSA) is 56.0 Å². The van der Waals surface area contributed by atoms with E-state index in [0.29, 0.717) is 11.8 Å². The predicted molar refractivity (Wildman–Crippen MR) is 74.1 cm³/mol. The molecule has 1 aliphatic heterocycles. The summed E-state index contributed by atoms with van der Waals surface area (Å²) in [6, 6.07) is 1.52. The van der Waals surface area contributed by atoms with Crippen LogP contribution in [0.4, 0.5) is 0 Å². The van der Waals surface area contributed by atoms with Gasteiger partial charge in [0.25, 0.3) is 5.56 Å². The van der Waals surface area contributed by atoms with E-state index in [1.807, 2.05) is 11.8 Å². The van der Waals surface area contributed by atoms with Crippen LogP contribution in [0.2, 0.25) is 0 Å². The van der Waals surface area contributed by atoms with Gasteiger partial charge in [0.05, 0.1) is 0 Å². The predicted octanol–water partition coefficient (Wildman–Crippen LogP) is 0.0692. The molecular weight excluding hydrogens is 250 g/mol. The van der Waals surface area contributed by atoms with Gasteiger partial charge < -0.3 is 5.32 Å². The molecule has 6 heteroatoms. The molecule has 1 fully saturated rings. The molecule has 0 radical (unpaired) electrons. The van der Waals surface area contributed by atoms with Crippen molar-refractivity contribution in [2.45, 2.75) is 24.6 Å². The number of nitrogens with one attached hydrogen (secondary N) is 1. The summed E-state index contributed by atoms with van der Waals surface area (Å²) in [7, 11) is 3.19. The summed E-state index contributed by atoms with van der Waals surface area (Å²) in [5.74, 6) is 1.25. The molecule has 100 valence electrons. The maximum absolute atomic E-state index is 11.7. The lowest BCUT2D eigenvalue weighted by Crippen LogP contribution is -2.39. The lowest BCUT2D eigenvalue weighted by molar-refractivity contribution is 0.589. The highest BCUT2D eigenvalue weighted by molar-refractivity contribution is 8.00. The van der Waals surface area contributed by atoms with Crippen molar-refractivity contribution in [2.24, 2.45) is 14.1 Å². The molecule has 0 bridgehead atoms. The van der Waals surface area contributed by atoms with E-state index in [1.54, 1.807) is 7.05 Å². The average Bonchev–Trinajstić information content (AvgIpc) is 2.86. The zero-order chi connectivity index (χ0) is 13.1. The van der Waals surface area contributed by atoms with Gasteiger partial charge in [-0.1, -0.05) is 0 Å². The van der Waals surface area contributed by atoms with Gasteiger partial charge in [-0.3, -0.25) is 13.9 Å². The molecule has 0 amide bonds. The summed E-state index contributed by atoms with van der Waals surface area (Å²) in [4.78, 5) is 23.3. The van der Waals surface area contributed by atoms with Crippen LogP contribution in [0.5, 0.6) is 0 Å². The van der Waals surface area contributed by atoms with E-state index in [-0.39, 0.29) is 11.2 Å². The van der Waals surface area contributed by atoms with Crippen molar-refractivity contribution in [2.75, 3.05) is 12.3 Å². The van der Waals surface area contributed by atoms with Crippen LogP contribution in [-0.4, -0.2) is 26.7 Å². The van der Waals surface area contributed by atoms with Crippen molar-refractivity contribution in [3.63, 3.8) is 0 Å². The molecule has 0 aliphatic carbocycles. The van der Waals surface area contributed by atoms with Gasteiger partial charge in [0.15, 0.2) is 0 Å². The maximum atomic E-state index is 11.7. The molecule has 2 heterocycles. The van der Waals surface area contributed by atoms with Crippen LogP contribution in [0, 0.1) is 0 Å². The number of thioether (sulfide) groups is 1. The minimum atomic E-state index is -0.269. The first kappa shape index (κ1) is 13.4. The number of nitrogens with zero attached hydrogens (tertiary/aromatic N) is 2. The van der Waals surface area contributed by atoms with Crippen molar-refractivity contribution in [1.29, 1.82) is 0 Å². The monoisotopic (exact) mass is 269 g/mol. The lowest BCUT2D eigenvalue weighted by atomic mass is 10.2. The van der Waals surface area contributed by atoms with E-state index in [4.69, 9.17) is 0 Å².